The van der Waals surface area contributed by atoms with Crippen molar-refractivity contribution >= 4 is 18.0 Å². The normalized spacial score (nSPS) is 11.9. The van der Waals surface area contributed by atoms with Crippen molar-refractivity contribution in [3.63, 3.8) is 0 Å². The lowest BCUT2D eigenvalue weighted by molar-refractivity contribution is -0.763. The summed E-state index contributed by atoms with van der Waals surface area (Å²) in [4.78, 5) is 71.4. The predicted octanol–water partition coefficient (Wildman–Crippen LogP) is 6.13. The van der Waals surface area contributed by atoms with Crippen LogP contribution in [0.1, 0.15) is 70.7 Å². The molecule has 56 heavy (non-hydrogen) atoms. The highest BCUT2D eigenvalue weighted by Crippen LogP contribution is 2.31. The monoisotopic (exact) mass is 777 g/mol. The highest BCUT2D eigenvalue weighted by atomic mass is 17.0. The SMILES string of the molecule is CCCCC(=O)N(Cc1ccc(-c2ccccc2-c2nnn(C(C)OC(=O)Oc3cccc(CO[N+](=O)[O-])c3)n2)cc1)C(C(=O)OCCCO[N+](=O)[O-])C(C)C. The van der Waals surface area contributed by atoms with Crippen LogP contribution in [0.2, 0.25) is 0 Å². The number of carbonyl (C=O) groups excluding carboxylic acids is 3. The fourth-order valence-corrected chi connectivity index (χ4v) is 5.56. The predicted molar refractivity (Wildman–Crippen MR) is 196 cm³/mol. The molecule has 0 fully saturated rings. The van der Waals surface area contributed by atoms with Crippen LogP contribution in [0.25, 0.3) is 22.5 Å². The summed E-state index contributed by atoms with van der Waals surface area (Å²) < 4.78 is 16.0. The number of esters is 1. The van der Waals surface area contributed by atoms with E-state index in [1.54, 1.807) is 12.1 Å². The summed E-state index contributed by atoms with van der Waals surface area (Å²) in [5.41, 5.74) is 3.39. The molecule has 0 aliphatic rings. The van der Waals surface area contributed by atoms with Crippen LogP contribution in [0.3, 0.4) is 0 Å². The molecular weight excluding hydrogens is 734 g/mol. The molecule has 4 rings (SSSR count). The summed E-state index contributed by atoms with van der Waals surface area (Å²) in [7, 11) is 0. The van der Waals surface area contributed by atoms with E-state index in [0.29, 0.717) is 17.5 Å². The molecule has 4 aromatic rings. The number of hydrogen-bond donors (Lipinski definition) is 0. The number of amides is 1. The molecular formula is C37H43N7O12. The number of nitrogens with zero attached hydrogens (tertiary/aromatic N) is 7. The number of rotatable bonds is 21. The molecule has 0 N–H and O–H groups in total. The van der Waals surface area contributed by atoms with Gasteiger partial charge in [0, 0.05) is 24.9 Å². The van der Waals surface area contributed by atoms with E-state index in [0.717, 1.165) is 27.9 Å². The first kappa shape index (κ1) is 42.1. The van der Waals surface area contributed by atoms with Gasteiger partial charge in [0.1, 0.15) is 18.4 Å². The average molecular weight is 778 g/mol. The van der Waals surface area contributed by atoms with E-state index in [4.69, 9.17) is 14.2 Å². The van der Waals surface area contributed by atoms with E-state index >= 15 is 0 Å². The average Bonchev–Trinajstić information content (AvgIpc) is 3.66. The van der Waals surface area contributed by atoms with Gasteiger partial charge in [-0.25, -0.2) is 9.59 Å². The third-order valence-electron chi connectivity index (χ3n) is 8.25. The van der Waals surface area contributed by atoms with Crippen molar-refractivity contribution < 1.29 is 48.4 Å². The Balaban J connectivity index is 1.46. The van der Waals surface area contributed by atoms with Crippen molar-refractivity contribution in [3.8, 4) is 28.3 Å². The number of tetrazole rings is 1. The number of aromatic nitrogens is 4. The Labute approximate surface area is 321 Å². The highest BCUT2D eigenvalue weighted by Gasteiger charge is 2.33. The standard InChI is InChI=1S/C37H43N7O12/c1-5-6-15-33(45)41(34(25(2)3)36(46)52-20-10-21-53-43(48)49)23-27-16-18-29(19-17-27)31-13-7-8-14-32(31)35-38-40-42(39-35)26(4)55-37(47)56-30-12-9-11-28(22-30)24-54-44(50)51/h7-9,11-14,16-19,22,25-26,34H,5-6,10,15,20-21,23-24H2,1-4H3. The van der Waals surface area contributed by atoms with E-state index in [1.807, 2.05) is 69.3 Å². The number of carbonyl (C=O) groups is 3. The zero-order valence-electron chi connectivity index (χ0n) is 31.3. The minimum atomic E-state index is -1.06. The second kappa shape index (κ2) is 20.7. The van der Waals surface area contributed by atoms with Crippen LogP contribution < -0.4 is 4.74 Å². The highest BCUT2D eigenvalue weighted by molar-refractivity contribution is 5.85. The molecule has 0 spiro atoms. The largest absolute Gasteiger partial charge is 0.515 e. The van der Waals surface area contributed by atoms with Crippen molar-refractivity contribution in [2.24, 2.45) is 5.92 Å². The van der Waals surface area contributed by atoms with Gasteiger partial charge in [-0.05, 0) is 58.9 Å². The molecule has 19 nitrogen and oxygen atoms in total. The number of unbranched alkanes of at least 4 members (excludes halogenated alkanes) is 1. The summed E-state index contributed by atoms with van der Waals surface area (Å²) in [6.07, 6.45) is -0.256. The van der Waals surface area contributed by atoms with E-state index in [-0.39, 0.29) is 62.6 Å². The molecule has 0 aliphatic carbocycles. The summed E-state index contributed by atoms with van der Waals surface area (Å²) >= 11 is 0. The van der Waals surface area contributed by atoms with Gasteiger partial charge in [0.15, 0.2) is 0 Å². The lowest BCUT2D eigenvalue weighted by Gasteiger charge is -2.33. The molecule has 0 saturated heterocycles. The second-order valence-electron chi connectivity index (χ2n) is 12.8. The lowest BCUT2D eigenvalue weighted by atomic mass is 9.97. The van der Waals surface area contributed by atoms with Crippen LogP contribution in [0, 0.1) is 26.1 Å². The first-order chi connectivity index (χ1) is 26.9. The molecule has 1 aromatic heterocycles. The Bertz CT molecular complexity index is 1950. The van der Waals surface area contributed by atoms with Gasteiger partial charge in [0.2, 0.25) is 18.0 Å². The summed E-state index contributed by atoms with van der Waals surface area (Å²) in [6, 6.07) is 20.0. The van der Waals surface area contributed by atoms with Crippen LogP contribution >= 0.6 is 0 Å². The molecule has 1 heterocycles. The molecule has 298 valence electrons. The van der Waals surface area contributed by atoms with Gasteiger partial charge < -0.3 is 28.8 Å². The van der Waals surface area contributed by atoms with Crippen LogP contribution in [0.5, 0.6) is 5.75 Å². The van der Waals surface area contributed by atoms with Crippen molar-refractivity contribution in [1.29, 1.82) is 0 Å². The Morgan fingerprint density at radius 3 is 2.25 bits per heavy atom. The van der Waals surface area contributed by atoms with Crippen molar-refractivity contribution in [1.82, 2.24) is 25.1 Å². The number of ether oxygens (including phenoxy) is 3. The van der Waals surface area contributed by atoms with Gasteiger partial charge in [-0.15, -0.1) is 35.2 Å². The summed E-state index contributed by atoms with van der Waals surface area (Å²) in [5, 5.41) is 31.7. The zero-order chi connectivity index (χ0) is 40.6. The minimum Gasteiger partial charge on any atom is -0.464 e. The molecule has 19 heteroatoms. The quantitative estimate of drug-likeness (QED) is 0.0304. The van der Waals surface area contributed by atoms with Crippen molar-refractivity contribution in [2.75, 3.05) is 13.2 Å². The van der Waals surface area contributed by atoms with Gasteiger partial charge in [-0.3, -0.25) is 4.79 Å². The van der Waals surface area contributed by atoms with Gasteiger partial charge in [-0.2, -0.15) is 0 Å². The van der Waals surface area contributed by atoms with Gasteiger partial charge in [0.05, 0.1) is 13.2 Å². The molecule has 2 unspecified atom stereocenters. The lowest BCUT2D eigenvalue weighted by Crippen LogP contribution is -2.48. The fraction of sp³-hybridized carbons (Fsp3) is 0.405. The van der Waals surface area contributed by atoms with E-state index in [1.165, 1.54) is 24.0 Å². The van der Waals surface area contributed by atoms with Crippen LogP contribution in [-0.2, 0) is 41.9 Å². The molecule has 2 atom stereocenters. The Morgan fingerprint density at radius 1 is 0.857 bits per heavy atom. The number of benzene rings is 3. The Kier molecular flexibility index (Phi) is 15.6. The molecule has 1 amide bonds. The van der Waals surface area contributed by atoms with Crippen LogP contribution in [-0.4, -0.2) is 72.6 Å². The summed E-state index contributed by atoms with van der Waals surface area (Å²) in [5.74, 6) is -0.726. The minimum absolute atomic E-state index is 0.0900. The van der Waals surface area contributed by atoms with Gasteiger partial charge in [-0.1, -0.05) is 87.9 Å². The Hall–Kier alpha value is -6.66. The van der Waals surface area contributed by atoms with E-state index in [9.17, 15) is 34.6 Å². The first-order valence-electron chi connectivity index (χ1n) is 17.8. The maximum Gasteiger partial charge on any atom is 0.515 e. The first-order valence-corrected chi connectivity index (χ1v) is 17.8. The molecule has 0 saturated carbocycles. The zero-order valence-corrected chi connectivity index (χ0v) is 31.3. The van der Waals surface area contributed by atoms with Gasteiger partial charge >= 0.3 is 12.1 Å². The Morgan fingerprint density at radius 2 is 1.57 bits per heavy atom. The fourth-order valence-electron chi connectivity index (χ4n) is 5.56. The third-order valence-corrected chi connectivity index (χ3v) is 8.25. The maximum absolute atomic E-state index is 13.5. The molecule has 0 bridgehead atoms. The third kappa shape index (κ3) is 12.5. The molecule has 3 aromatic carbocycles. The second-order valence-corrected chi connectivity index (χ2v) is 12.8. The van der Waals surface area contributed by atoms with Crippen LogP contribution in [0.4, 0.5) is 4.79 Å². The summed E-state index contributed by atoms with van der Waals surface area (Å²) in [6.45, 7) is 6.66. The van der Waals surface area contributed by atoms with Crippen molar-refractivity contribution in [2.45, 2.75) is 78.8 Å². The van der Waals surface area contributed by atoms with Crippen molar-refractivity contribution in [3.05, 3.63) is 104 Å². The van der Waals surface area contributed by atoms with Gasteiger partial charge in [0.25, 0.3) is 10.2 Å². The molecule has 0 radical (unpaired) electrons. The maximum atomic E-state index is 13.5. The van der Waals surface area contributed by atoms with E-state index < -0.39 is 34.6 Å². The van der Waals surface area contributed by atoms with Crippen LogP contribution in [0.15, 0.2) is 72.8 Å². The smallest absolute Gasteiger partial charge is 0.464 e. The molecule has 0 aliphatic heterocycles. The topological polar surface area (TPSA) is 230 Å². The number of hydrogen-bond acceptors (Lipinski definition) is 15. The van der Waals surface area contributed by atoms with E-state index in [2.05, 4.69) is 25.1 Å².